The molecule has 1 heterocycles. The molecule has 1 aromatic rings. The molecule has 0 saturated heterocycles. The average molecular weight is 323 g/mol. The van der Waals surface area contributed by atoms with Crippen molar-refractivity contribution in [2.45, 2.75) is 44.7 Å². The van der Waals surface area contributed by atoms with E-state index in [0.29, 0.717) is 12.5 Å². The molecule has 1 aromatic carbocycles. The fourth-order valence-corrected chi connectivity index (χ4v) is 3.88. The van der Waals surface area contributed by atoms with Crippen LogP contribution in [0, 0.1) is 5.92 Å². The smallest absolute Gasteiger partial charge is 0.317 e. The van der Waals surface area contributed by atoms with Gasteiger partial charge in [-0.2, -0.15) is 0 Å². The van der Waals surface area contributed by atoms with Gasteiger partial charge in [-0.15, -0.1) is 0 Å². The van der Waals surface area contributed by atoms with Gasteiger partial charge in [0.2, 0.25) is 0 Å². The summed E-state index contributed by atoms with van der Waals surface area (Å²) in [6, 6.07) is 6.14. The van der Waals surface area contributed by atoms with Crippen LogP contribution in [0.3, 0.4) is 0 Å². The summed E-state index contributed by atoms with van der Waals surface area (Å²) in [5.41, 5.74) is 2.43. The Morgan fingerprint density at radius 2 is 2.23 bits per heavy atom. The van der Waals surface area contributed by atoms with Crippen molar-refractivity contribution >= 4 is 17.6 Å². The first kappa shape index (κ1) is 15.6. The number of fused-ring (bicyclic) bond motifs is 1. The molecule has 2 atom stereocenters. The fraction of sp³-hybridized carbons (Fsp3) is 0.588. The molecule has 0 spiro atoms. The van der Waals surface area contributed by atoms with Crippen LogP contribution in [-0.4, -0.2) is 35.2 Å². The summed E-state index contributed by atoms with van der Waals surface area (Å²) in [7, 11) is 0. The zero-order chi connectivity index (χ0) is 15.5. The number of hydrogen-bond donors (Lipinski definition) is 2. The zero-order valence-electron chi connectivity index (χ0n) is 12.7. The van der Waals surface area contributed by atoms with Crippen molar-refractivity contribution in [2.75, 3.05) is 13.2 Å². The number of benzene rings is 1. The molecule has 2 N–H and O–H groups in total. The summed E-state index contributed by atoms with van der Waals surface area (Å²) in [6.45, 7) is 1.58. The van der Waals surface area contributed by atoms with Crippen molar-refractivity contribution in [3.63, 3.8) is 0 Å². The number of carbonyl (C=O) groups is 1. The highest BCUT2D eigenvalue weighted by Crippen LogP contribution is 2.29. The second-order valence-corrected chi connectivity index (χ2v) is 6.78. The van der Waals surface area contributed by atoms with Crippen LogP contribution in [0.1, 0.15) is 36.8 Å². The van der Waals surface area contributed by atoms with Crippen LogP contribution in [-0.2, 0) is 13.0 Å². The second-order valence-electron chi connectivity index (χ2n) is 6.34. The average Bonchev–Trinajstić information content (AvgIpc) is 2.94. The fourth-order valence-electron chi connectivity index (χ4n) is 3.68. The molecule has 1 aliphatic heterocycles. The third kappa shape index (κ3) is 3.39. The first-order chi connectivity index (χ1) is 10.7. The summed E-state index contributed by atoms with van der Waals surface area (Å²) in [5.74, 6) is 0.421. The largest absolute Gasteiger partial charge is 0.396 e. The van der Waals surface area contributed by atoms with E-state index in [4.69, 9.17) is 16.7 Å². The van der Waals surface area contributed by atoms with Gasteiger partial charge in [-0.05, 0) is 54.9 Å². The van der Waals surface area contributed by atoms with E-state index >= 15 is 0 Å². The van der Waals surface area contributed by atoms with Crippen molar-refractivity contribution in [3.05, 3.63) is 34.3 Å². The Labute approximate surface area is 136 Å². The number of hydrogen-bond acceptors (Lipinski definition) is 2. The summed E-state index contributed by atoms with van der Waals surface area (Å²) >= 11 is 6.02. The van der Waals surface area contributed by atoms with Crippen LogP contribution >= 0.6 is 11.6 Å². The molecule has 22 heavy (non-hydrogen) atoms. The van der Waals surface area contributed by atoms with E-state index in [1.54, 1.807) is 0 Å². The van der Waals surface area contributed by atoms with Gasteiger partial charge in [0.1, 0.15) is 0 Å². The first-order valence-corrected chi connectivity index (χ1v) is 8.49. The standard InChI is InChI=1S/C17H23ClN2O2/c18-15-5-4-14-11-20(8-6-13(14)10-15)17(22)19-16-3-1-2-12(16)7-9-21/h4-5,10,12,16,21H,1-3,6-9,11H2,(H,19,22)/t12-,16+/m1/s1. The van der Waals surface area contributed by atoms with Crippen LogP contribution in [0.25, 0.3) is 0 Å². The molecule has 0 aromatic heterocycles. The first-order valence-electron chi connectivity index (χ1n) is 8.11. The van der Waals surface area contributed by atoms with E-state index in [0.717, 1.165) is 43.7 Å². The molecule has 5 heteroatoms. The number of halogens is 1. The Hall–Kier alpha value is -1.26. The maximum Gasteiger partial charge on any atom is 0.317 e. The molecule has 0 bridgehead atoms. The maximum atomic E-state index is 12.5. The van der Waals surface area contributed by atoms with Gasteiger partial charge in [0, 0.05) is 30.8 Å². The van der Waals surface area contributed by atoms with Gasteiger partial charge in [-0.25, -0.2) is 4.79 Å². The highest BCUT2D eigenvalue weighted by molar-refractivity contribution is 6.30. The van der Waals surface area contributed by atoms with Gasteiger partial charge < -0.3 is 15.3 Å². The van der Waals surface area contributed by atoms with E-state index in [1.165, 1.54) is 11.1 Å². The third-order valence-electron chi connectivity index (χ3n) is 4.94. The molecule has 120 valence electrons. The van der Waals surface area contributed by atoms with Gasteiger partial charge in [0.15, 0.2) is 0 Å². The number of rotatable bonds is 3. The van der Waals surface area contributed by atoms with Crippen molar-refractivity contribution in [3.8, 4) is 0 Å². The van der Waals surface area contributed by atoms with E-state index < -0.39 is 0 Å². The van der Waals surface area contributed by atoms with Gasteiger partial charge in [0.25, 0.3) is 0 Å². The van der Waals surface area contributed by atoms with Gasteiger partial charge in [0.05, 0.1) is 0 Å². The maximum absolute atomic E-state index is 12.5. The Balaban J connectivity index is 1.60. The molecule has 0 unspecified atom stereocenters. The van der Waals surface area contributed by atoms with E-state index in [-0.39, 0.29) is 18.7 Å². The van der Waals surface area contributed by atoms with Crippen LogP contribution in [0.15, 0.2) is 18.2 Å². The minimum Gasteiger partial charge on any atom is -0.396 e. The van der Waals surface area contributed by atoms with E-state index in [2.05, 4.69) is 5.32 Å². The normalized spacial score (nSPS) is 24.2. The second kappa shape index (κ2) is 6.88. The van der Waals surface area contributed by atoms with Gasteiger partial charge in [-0.3, -0.25) is 0 Å². The van der Waals surface area contributed by atoms with Gasteiger partial charge >= 0.3 is 6.03 Å². The molecule has 1 saturated carbocycles. The Kier molecular flexibility index (Phi) is 4.89. The van der Waals surface area contributed by atoms with Crippen LogP contribution in [0.4, 0.5) is 4.79 Å². The predicted octanol–water partition coefficient (Wildman–Crippen LogP) is 2.96. The highest BCUT2D eigenvalue weighted by Gasteiger charge is 2.30. The van der Waals surface area contributed by atoms with Crippen molar-refractivity contribution < 1.29 is 9.90 Å². The minimum atomic E-state index is 0.0236. The number of nitrogens with one attached hydrogen (secondary N) is 1. The number of urea groups is 1. The summed E-state index contributed by atoms with van der Waals surface area (Å²) in [5, 5.41) is 13.1. The molecule has 2 amide bonds. The van der Waals surface area contributed by atoms with E-state index in [9.17, 15) is 4.79 Å². The zero-order valence-corrected chi connectivity index (χ0v) is 13.5. The minimum absolute atomic E-state index is 0.0236. The quantitative estimate of drug-likeness (QED) is 0.899. The summed E-state index contributed by atoms with van der Waals surface area (Å²) in [4.78, 5) is 14.4. The Morgan fingerprint density at radius 1 is 1.36 bits per heavy atom. The SMILES string of the molecule is O=C(N[C@H]1CCC[C@@H]1CCO)N1CCc2cc(Cl)ccc2C1. The molecule has 1 fully saturated rings. The third-order valence-corrected chi connectivity index (χ3v) is 5.17. The lowest BCUT2D eigenvalue weighted by molar-refractivity contribution is 0.181. The number of carbonyl (C=O) groups excluding carboxylic acids is 1. The number of aliphatic hydroxyl groups is 1. The van der Waals surface area contributed by atoms with Gasteiger partial charge in [-0.1, -0.05) is 24.1 Å². The summed E-state index contributed by atoms with van der Waals surface area (Å²) < 4.78 is 0. The van der Waals surface area contributed by atoms with Crippen molar-refractivity contribution in [1.82, 2.24) is 10.2 Å². The number of amides is 2. The lowest BCUT2D eigenvalue weighted by Crippen LogP contribution is -2.47. The monoisotopic (exact) mass is 322 g/mol. The Bertz CT molecular complexity index is 549. The van der Waals surface area contributed by atoms with Crippen LogP contribution < -0.4 is 5.32 Å². The number of nitrogens with zero attached hydrogens (tertiary/aromatic N) is 1. The van der Waals surface area contributed by atoms with Crippen molar-refractivity contribution in [1.29, 1.82) is 0 Å². The molecular weight excluding hydrogens is 300 g/mol. The molecule has 3 rings (SSSR count). The van der Waals surface area contributed by atoms with Crippen LogP contribution in [0.5, 0.6) is 0 Å². The van der Waals surface area contributed by atoms with Crippen molar-refractivity contribution in [2.24, 2.45) is 5.92 Å². The van der Waals surface area contributed by atoms with Crippen LogP contribution in [0.2, 0.25) is 5.02 Å². The number of aliphatic hydroxyl groups excluding tert-OH is 1. The molecular formula is C17H23ClN2O2. The molecule has 0 radical (unpaired) electrons. The highest BCUT2D eigenvalue weighted by atomic mass is 35.5. The molecule has 1 aliphatic carbocycles. The molecule has 2 aliphatic rings. The topological polar surface area (TPSA) is 52.6 Å². The predicted molar refractivity (Wildman–Crippen MR) is 86.9 cm³/mol. The van der Waals surface area contributed by atoms with E-state index in [1.807, 2.05) is 23.1 Å². The lowest BCUT2D eigenvalue weighted by atomic mass is 9.99. The molecule has 4 nitrogen and oxygen atoms in total. The summed E-state index contributed by atoms with van der Waals surface area (Å²) in [6.07, 6.45) is 4.90. The Morgan fingerprint density at radius 3 is 3.05 bits per heavy atom. The lowest BCUT2D eigenvalue weighted by Gasteiger charge is -2.31.